The lowest BCUT2D eigenvalue weighted by Crippen LogP contribution is -2.25. The second-order valence-electron chi connectivity index (χ2n) is 5.27. The van der Waals surface area contributed by atoms with Gasteiger partial charge < -0.3 is 9.47 Å². The van der Waals surface area contributed by atoms with Crippen LogP contribution >= 0.6 is 11.6 Å². The number of rotatable bonds is 5. The maximum atomic E-state index is 11.9. The van der Waals surface area contributed by atoms with E-state index >= 15 is 0 Å². The largest absolute Gasteiger partial charge is 0.492 e. The maximum Gasteiger partial charge on any atom is 0.315 e. The van der Waals surface area contributed by atoms with E-state index in [1.165, 1.54) is 0 Å². The van der Waals surface area contributed by atoms with E-state index in [0.29, 0.717) is 18.4 Å². The Balaban J connectivity index is 1.73. The molecule has 4 nitrogen and oxygen atoms in total. The molecule has 3 rings (SSSR count). The highest BCUT2D eigenvalue weighted by Gasteiger charge is 2.52. The summed E-state index contributed by atoms with van der Waals surface area (Å²) in [5, 5.41) is 2.33. The first-order valence-electron chi connectivity index (χ1n) is 6.99. The molecule has 0 amide bonds. The smallest absolute Gasteiger partial charge is 0.315 e. The number of carbonyl (C=O) groups is 1. The number of esters is 1. The second kappa shape index (κ2) is 5.53. The van der Waals surface area contributed by atoms with E-state index < -0.39 is 5.41 Å². The van der Waals surface area contributed by atoms with Gasteiger partial charge >= 0.3 is 5.97 Å². The lowest BCUT2D eigenvalue weighted by Gasteiger charge is -2.15. The minimum atomic E-state index is -0.444. The molecular formula is C16H16ClNO3. The molecular weight excluding hydrogens is 290 g/mol. The number of halogens is 1. The van der Waals surface area contributed by atoms with E-state index in [1.54, 1.807) is 6.20 Å². The molecule has 0 atom stereocenters. The Morgan fingerprint density at radius 3 is 2.90 bits per heavy atom. The molecule has 0 bridgehead atoms. The Bertz CT molecular complexity index is 682. The molecule has 0 aliphatic heterocycles. The van der Waals surface area contributed by atoms with Gasteiger partial charge in [-0.25, -0.2) is 4.98 Å². The summed E-state index contributed by atoms with van der Waals surface area (Å²) in [5.74, 6) is 0.568. The number of fused-ring (bicyclic) bond motifs is 1. The number of carbonyl (C=O) groups excluding carboxylic acids is 1. The van der Waals surface area contributed by atoms with Crippen LogP contribution in [0.2, 0.25) is 5.15 Å². The zero-order chi connectivity index (χ0) is 14.9. The Morgan fingerprint density at radius 2 is 2.19 bits per heavy atom. The Kier molecular flexibility index (Phi) is 3.72. The molecule has 1 saturated carbocycles. The fraction of sp³-hybridized carbons (Fsp3) is 0.375. The molecule has 21 heavy (non-hydrogen) atoms. The highest BCUT2D eigenvalue weighted by molar-refractivity contribution is 6.34. The summed E-state index contributed by atoms with van der Waals surface area (Å²) < 4.78 is 10.9. The molecule has 1 aromatic carbocycles. The molecule has 2 aromatic rings. The van der Waals surface area contributed by atoms with Crippen LogP contribution in [0, 0.1) is 5.41 Å². The van der Waals surface area contributed by atoms with Crippen molar-refractivity contribution in [2.45, 2.75) is 19.8 Å². The molecule has 1 aliphatic rings. The van der Waals surface area contributed by atoms with Gasteiger partial charge in [0.15, 0.2) is 0 Å². The average Bonchev–Trinajstić information content (AvgIpc) is 3.27. The van der Waals surface area contributed by atoms with Crippen molar-refractivity contribution >= 4 is 28.3 Å². The van der Waals surface area contributed by atoms with Gasteiger partial charge in [0.2, 0.25) is 0 Å². The predicted molar refractivity (Wildman–Crippen MR) is 80.5 cm³/mol. The van der Waals surface area contributed by atoms with Crippen LogP contribution in [0.5, 0.6) is 5.75 Å². The van der Waals surface area contributed by atoms with Crippen molar-refractivity contribution < 1.29 is 14.3 Å². The van der Waals surface area contributed by atoms with Crippen molar-refractivity contribution in [3.05, 3.63) is 35.6 Å². The number of aromatic nitrogens is 1. The van der Waals surface area contributed by atoms with Crippen LogP contribution in [0.1, 0.15) is 19.8 Å². The SMILES string of the molecule is CCOC(=O)C1(COc2ccc3c(Cl)nccc3c2)CC1. The molecule has 1 aromatic heterocycles. The van der Waals surface area contributed by atoms with Crippen molar-refractivity contribution in [3.8, 4) is 5.75 Å². The predicted octanol–water partition coefficient (Wildman–Crippen LogP) is 3.61. The fourth-order valence-corrected chi connectivity index (χ4v) is 2.50. The summed E-state index contributed by atoms with van der Waals surface area (Å²) >= 11 is 6.03. The number of pyridine rings is 1. The number of ether oxygens (including phenoxy) is 2. The van der Waals surface area contributed by atoms with E-state index in [-0.39, 0.29) is 5.97 Å². The summed E-state index contributed by atoms with van der Waals surface area (Å²) in [6.45, 7) is 2.58. The summed E-state index contributed by atoms with van der Waals surface area (Å²) in [4.78, 5) is 15.9. The molecule has 5 heteroatoms. The van der Waals surface area contributed by atoms with Crippen LogP contribution in [-0.2, 0) is 9.53 Å². The molecule has 110 valence electrons. The normalized spacial score (nSPS) is 15.7. The van der Waals surface area contributed by atoms with Gasteiger partial charge in [0, 0.05) is 11.6 Å². The Hall–Kier alpha value is -1.81. The summed E-state index contributed by atoms with van der Waals surface area (Å²) in [5.41, 5.74) is -0.444. The van der Waals surface area contributed by atoms with Crippen LogP contribution in [0.25, 0.3) is 10.8 Å². The highest BCUT2D eigenvalue weighted by atomic mass is 35.5. The van der Waals surface area contributed by atoms with Gasteiger partial charge in [-0.05, 0) is 49.4 Å². The van der Waals surface area contributed by atoms with Crippen LogP contribution in [0.3, 0.4) is 0 Å². The minimum absolute atomic E-state index is 0.155. The van der Waals surface area contributed by atoms with Gasteiger partial charge in [0.25, 0.3) is 0 Å². The standard InChI is InChI=1S/C16H16ClNO3/c1-2-20-15(19)16(6-7-16)10-21-12-3-4-13-11(9-12)5-8-18-14(13)17/h3-5,8-9H,2,6-7,10H2,1H3. The number of benzene rings is 1. The Morgan fingerprint density at radius 1 is 1.38 bits per heavy atom. The molecule has 0 radical (unpaired) electrons. The van der Waals surface area contributed by atoms with Gasteiger partial charge in [-0.3, -0.25) is 4.79 Å². The molecule has 1 heterocycles. The monoisotopic (exact) mass is 305 g/mol. The maximum absolute atomic E-state index is 11.9. The molecule has 0 unspecified atom stereocenters. The van der Waals surface area contributed by atoms with Crippen LogP contribution in [0.4, 0.5) is 0 Å². The van der Waals surface area contributed by atoms with Crippen molar-refractivity contribution in [2.75, 3.05) is 13.2 Å². The third-order valence-corrected chi connectivity index (χ3v) is 4.07. The first-order valence-corrected chi connectivity index (χ1v) is 7.37. The summed E-state index contributed by atoms with van der Waals surface area (Å²) in [7, 11) is 0. The van der Waals surface area contributed by atoms with E-state index in [1.807, 2.05) is 31.2 Å². The van der Waals surface area contributed by atoms with Gasteiger partial charge in [0.1, 0.15) is 22.9 Å². The average molecular weight is 306 g/mol. The summed E-state index contributed by atoms with van der Waals surface area (Å²) in [6.07, 6.45) is 3.32. The molecule has 1 fully saturated rings. The van der Waals surface area contributed by atoms with Gasteiger partial charge in [-0.15, -0.1) is 0 Å². The Labute approximate surface area is 128 Å². The molecule has 0 spiro atoms. The molecule has 0 N–H and O–H groups in total. The van der Waals surface area contributed by atoms with Crippen molar-refractivity contribution in [1.29, 1.82) is 0 Å². The summed E-state index contributed by atoms with van der Waals surface area (Å²) in [6, 6.07) is 7.51. The van der Waals surface area contributed by atoms with Crippen LogP contribution in [-0.4, -0.2) is 24.2 Å². The zero-order valence-electron chi connectivity index (χ0n) is 11.8. The zero-order valence-corrected chi connectivity index (χ0v) is 12.5. The van der Waals surface area contributed by atoms with Gasteiger partial charge in [-0.2, -0.15) is 0 Å². The number of hydrogen-bond donors (Lipinski definition) is 0. The lowest BCUT2D eigenvalue weighted by molar-refractivity contribution is -0.150. The lowest BCUT2D eigenvalue weighted by atomic mass is 10.1. The van der Waals surface area contributed by atoms with Crippen LogP contribution < -0.4 is 4.74 Å². The third-order valence-electron chi connectivity index (χ3n) is 3.76. The van der Waals surface area contributed by atoms with E-state index in [4.69, 9.17) is 21.1 Å². The van der Waals surface area contributed by atoms with Crippen molar-refractivity contribution in [2.24, 2.45) is 5.41 Å². The van der Waals surface area contributed by atoms with Crippen molar-refractivity contribution in [1.82, 2.24) is 4.98 Å². The fourth-order valence-electron chi connectivity index (χ4n) is 2.27. The number of hydrogen-bond acceptors (Lipinski definition) is 4. The molecule has 1 aliphatic carbocycles. The van der Waals surface area contributed by atoms with Crippen LogP contribution in [0.15, 0.2) is 30.5 Å². The van der Waals surface area contributed by atoms with Gasteiger partial charge in [-0.1, -0.05) is 11.6 Å². The molecule has 0 saturated heterocycles. The highest BCUT2D eigenvalue weighted by Crippen LogP contribution is 2.47. The van der Waals surface area contributed by atoms with Gasteiger partial charge in [0.05, 0.1) is 6.61 Å². The first-order chi connectivity index (χ1) is 10.1. The third kappa shape index (κ3) is 2.81. The van der Waals surface area contributed by atoms with E-state index in [0.717, 1.165) is 29.4 Å². The minimum Gasteiger partial charge on any atom is -0.492 e. The van der Waals surface area contributed by atoms with Crippen molar-refractivity contribution in [3.63, 3.8) is 0 Å². The second-order valence-corrected chi connectivity index (χ2v) is 5.63. The topological polar surface area (TPSA) is 48.4 Å². The first kappa shape index (κ1) is 14.1. The van der Waals surface area contributed by atoms with E-state index in [9.17, 15) is 4.79 Å². The van der Waals surface area contributed by atoms with E-state index in [2.05, 4.69) is 4.98 Å². The number of nitrogens with zero attached hydrogens (tertiary/aromatic N) is 1. The quantitative estimate of drug-likeness (QED) is 0.625.